The zero-order chi connectivity index (χ0) is 38.2. The number of aliphatic hydroxyl groups is 2. The van der Waals surface area contributed by atoms with Crippen LogP contribution in [0.1, 0.15) is 80.2 Å². The molecule has 0 saturated heterocycles. The van der Waals surface area contributed by atoms with Gasteiger partial charge < -0.3 is 31.5 Å². The molecule has 0 fully saturated rings. The van der Waals surface area contributed by atoms with Crippen LogP contribution in [0.4, 0.5) is 0 Å². The third kappa shape index (κ3) is 42.3. The molecule has 0 saturated carbocycles. The highest BCUT2D eigenvalue weighted by Crippen LogP contribution is 2.09. The summed E-state index contributed by atoms with van der Waals surface area (Å²) in [6.07, 6.45) is 2.66. The van der Waals surface area contributed by atoms with E-state index >= 15 is 0 Å². The molecule has 8 N–H and O–H groups in total. The van der Waals surface area contributed by atoms with E-state index in [0.29, 0.717) is 0 Å². The van der Waals surface area contributed by atoms with Crippen LogP contribution < -0.4 is 31.9 Å². The minimum Gasteiger partial charge on any atom is -0.396 e. The van der Waals surface area contributed by atoms with E-state index in [1.54, 1.807) is 13.8 Å². The molecule has 0 bridgehead atoms. The van der Waals surface area contributed by atoms with E-state index in [-0.39, 0.29) is 57.7 Å². The first-order chi connectivity index (χ1) is 22.9. The Kier molecular flexibility index (Phi) is 33.4. The van der Waals surface area contributed by atoms with Gasteiger partial charge in [-0.05, 0) is 39.0 Å². The van der Waals surface area contributed by atoms with Crippen LogP contribution in [-0.2, 0) is 24.0 Å². The number of nitrogens with one attached hydrogen (secondary N) is 6. The van der Waals surface area contributed by atoms with Gasteiger partial charge in [0.1, 0.15) is 12.0 Å². The highest BCUT2D eigenvalue weighted by Gasteiger charge is 2.10. The van der Waals surface area contributed by atoms with Crippen LogP contribution in [0.15, 0.2) is 42.5 Å². The third-order valence-corrected chi connectivity index (χ3v) is 6.05. The zero-order valence-corrected chi connectivity index (χ0v) is 31.4. The first kappa shape index (κ1) is 49.7. The van der Waals surface area contributed by atoms with Gasteiger partial charge >= 0.3 is 0 Å². The predicted molar refractivity (Wildman–Crippen MR) is 196 cm³/mol. The van der Waals surface area contributed by atoms with Gasteiger partial charge in [0.05, 0.1) is 39.4 Å². The molecule has 0 aliphatic heterocycles. The summed E-state index contributed by atoms with van der Waals surface area (Å²) in [7, 11) is 0. The summed E-state index contributed by atoms with van der Waals surface area (Å²) in [4.78, 5) is 57.3. The van der Waals surface area contributed by atoms with Crippen molar-refractivity contribution in [2.24, 2.45) is 17.8 Å². The topological polar surface area (TPSA) is 198 Å². The van der Waals surface area contributed by atoms with Crippen LogP contribution in [-0.4, -0.2) is 91.9 Å². The Hall–Kier alpha value is -3.65. The molecule has 0 heterocycles. The Balaban J connectivity index is -0.000000800. The van der Waals surface area contributed by atoms with E-state index in [1.807, 2.05) is 25.1 Å². The average Bonchev–Trinajstić information content (AvgIpc) is 3.02. The van der Waals surface area contributed by atoms with Crippen molar-refractivity contribution in [3.05, 3.63) is 48.0 Å². The predicted octanol–water partition coefficient (Wildman–Crippen LogP) is 2.17. The van der Waals surface area contributed by atoms with Crippen molar-refractivity contribution in [1.29, 1.82) is 0 Å². The number of hydrogen-bond acceptors (Lipinski definition) is 9. The largest absolute Gasteiger partial charge is 0.396 e. The molecule has 13 heteroatoms. The fraction of sp³-hybridized carbons (Fsp3) is 0.639. The molecule has 282 valence electrons. The lowest BCUT2D eigenvalue weighted by Gasteiger charge is -2.10. The van der Waals surface area contributed by atoms with Gasteiger partial charge in [-0.25, -0.2) is 0 Å². The van der Waals surface area contributed by atoms with Crippen molar-refractivity contribution in [3.8, 4) is 0 Å². The monoisotopic (exact) mass is 694 g/mol. The number of carbonyl (C=O) groups excluding carboxylic acids is 5. The van der Waals surface area contributed by atoms with E-state index in [0.717, 1.165) is 23.8 Å². The van der Waals surface area contributed by atoms with Crippen LogP contribution in [0.5, 0.6) is 0 Å². The fourth-order valence-electron chi connectivity index (χ4n) is 2.97. The van der Waals surface area contributed by atoms with Crippen LogP contribution in [0.25, 0.3) is 0 Å². The Morgan fingerprint density at radius 1 is 0.694 bits per heavy atom. The molecule has 1 rings (SSSR count). The van der Waals surface area contributed by atoms with Gasteiger partial charge in [-0.15, -0.1) is 6.58 Å². The molecule has 0 radical (unpaired) electrons. The number of hydrogen-bond donors (Lipinski definition) is 8. The lowest BCUT2D eigenvalue weighted by molar-refractivity contribution is -0.128. The number of carbonyl (C=O) groups is 5. The summed E-state index contributed by atoms with van der Waals surface area (Å²) in [5.74, 6) is -0.393. The second-order valence-electron chi connectivity index (χ2n) is 12.7. The van der Waals surface area contributed by atoms with Crippen LogP contribution in [0, 0.1) is 24.7 Å². The van der Waals surface area contributed by atoms with E-state index < -0.39 is 29.9 Å². The minimum atomic E-state index is -0.848. The standard InChI is InChI=1S/C16H30N6O6.C8H18.C7H8.C5H10O/c1-10(2)12(24)4-17-9-22-16(28)8-21-15(27)7-20-14(26)6-19-13(25)5-18-11(3)23;1-7(2)5-6-8(3)4;1-7-5-3-2-4-6-7;1-5(2)3-4-6/h10-11,17-18,23H,4-9H2,1-3H3,(H,19,25)(H,20,26)(H,21,27)(H,22,28);7-8H,5-6H2,1-4H3;2-6H,1H3;6H,1,3-4H2,2H3. The Morgan fingerprint density at radius 2 is 1.12 bits per heavy atom. The Bertz CT molecular complexity index is 1040. The molecule has 1 atom stereocenters. The van der Waals surface area contributed by atoms with Crippen molar-refractivity contribution in [1.82, 2.24) is 31.9 Å². The molecule has 0 spiro atoms. The molecule has 1 aromatic rings. The quantitative estimate of drug-likeness (QED) is 0.0608. The van der Waals surface area contributed by atoms with Crippen molar-refractivity contribution >= 4 is 29.4 Å². The molecule has 13 nitrogen and oxygen atoms in total. The molecular weight excluding hydrogens is 628 g/mol. The maximum absolute atomic E-state index is 11.6. The molecule has 0 aromatic heterocycles. The zero-order valence-electron chi connectivity index (χ0n) is 31.4. The third-order valence-electron chi connectivity index (χ3n) is 6.05. The van der Waals surface area contributed by atoms with Crippen LogP contribution in [0.3, 0.4) is 0 Å². The molecular formula is C36H66N6O7. The summed E-state index contributed by atoms with van der Waals surface area (Å²) in [5.41, 5.74) is 2.36. The maximum atomic E-state index is 11.6. The van der Waals surface area contributed by atoms with Crippen LogP contribution >= 0.6 is 0 Å². The van der Waals surface area contributed by atoms with Gasteiger partial charge in [0, 0.05) is 12.5 Å². The first-order valence-electron chi connectivity index (χ1n) is 16.9. The number of benzene rings is 1. The summed E-state index contributed by atoms with van der Waals surface area (Å²) in [6, 6.07) is 10.3. The highest BCUT2D eigenvalue weighted by molar-refractivity contribution is 5.90. The van der Waals surface area contributed by atoms with Gasteiger partial charge in [0.2, 0.25) is 23.6 Å². The van der Waals surface area contributed by atoms with E-state index in [2.05, 4.69) is 85.2 Å². The lowest BCUT2D eigenvalue weighted by Crippen LogP contribution is -2.46. The van der Waals surface area contributed by atoms with Gasteiger partial charge in [-0.2, -0.15) is 0 Å². The Morgan fingerprint density at radius 3 is 1.43 bits per heavy atom. The number of amides is 4. The minimum absolute atomic E-state index is 0.0219. The highest BCUT2D eigenvalue weighted by atomic mass is 16.3. The number of Topliss-reactive ketones (excluding diaryl/α,β-unsaturated/α-hetero) is 1. The van der Waals surface area contributed by atoms with Gasteiger partial charge in [0.15, 0.2) is 0 Å². The number of rotatable bonds is 19. The van der Waals surface area contributed by atoms with Gasteiger partial charge in [-0.1, -0.05) is 95.9 Å². The Labute approximate surface area is 294 Å². The maximum Gasteiger partial charge on any atom is 0.240 e. The van der Waals surface area contributed by atoms with Crippen LogP contribution in [0.2, 0.25) is 0 Å². The average molecular weight is 695 g/mol. The second kappa shape index (κ2) is 32.9. The molecule has 49 heavy (non-hydrogen) atoms. The first-order valence-corrected chi connectivity index (χ1v) is 16.9. The fourth-order valence-corrected chi connectivity index (χ4v) is 2.97. The second-order valence-corrected chi connectivity index (χ2v) is 12.7. The van der Waals surface area contributed by atoms with Gasteiger partial charge in [-0.3, -0.25) is 34.6 Å². The smallest absolute Gasteiger partial charge is 0.240 e. The number of aliphatic hydroxyl groups excluding tert-OH is 2. The van der Waals surface area contributed by atoms with Crippen molar-refractivity contribution in [2.45, 2.75) is 87.8 Å². The summed E-state index contributed by atoms with van der Waals surface area (Å²) in [5, 5.41) is 31.7. The van der Waals surface area contributed by atoms with E-state index in [9.17, 15) is 24.0 Å². The number of ketones is 1. The molecule has 1 unspecified atom stereocenters. The van der Waals surface area contributed by atoms with Crippen molar-refractivity contribution in [3.63, 3.8) is 0 Å². The summed E-state index contributed by atoms with van der Waals surface area (Å²) >= 11 is 0. The van der Waals surface area contributed by atoms with E-state index in [4.69, 9.17) is 10.2 Å². The molecule has 1 aromatic carbocycles. The SMILES string of the molecule is C=C(C)CCO.CC(C)CCC(C)C.CC(O)NCC(=O)NCC(=O)NCC(=O)NCC(=O)NCNCC(=O)C(C)C.Cc1ccccc1. The normalized spacial score (nSPS) is 10.7. The van der Waals surface area contributed by atoms with Crippen molar-refractivity contribution < 1.29 is 34.2 Å². The van der Waals surface area contributed by atoms with Crippen molar-refractivity contribution in [2.75, 3.05) is 46.0 Å². The summed E-state index contributed by atoms with van der Waals surface area (Å²) < 4.78 is 0. The molecule has 0 aliphatic rings. The molecule has 0 aliphatic carbocycles. The summed E-state index contributed by atoms with van der Waals surface area (Å²) in [6.45, 7) is 21.0. The number of aryl methyl sites for hydroxylation is 1. The van der Waals surface area contributed by atoms with Gasteiger partial charge in [0.25, 0.3) is 0 Å². The van der Waals surface area contributed by atoms with E-state index in [1.165, 1.54) is 25.3 Å². The molecule has 4 amide bonds. The lowest BCUT2D eigenvalue weighted by atomic mass is 10.0.